The van der Waals surface area contributed by atoms with Crippen LogP contribution in [-0.4, -0.2) is 27.3 Å². The van der Waals surface area contributed by atoms with E-state index in [1.165, 1.54) is 18.6 Å². The normalized spacial score (nSPS) is 15.4. The molecule has 0 unspecified atom stereocenters. The molecule has 2 amide bonds. The molecule has 0 aliphatic carbocycles. The van der Waals surface area contributed by atoms with Crippen molar-refractivity contribution in [1.29, 1.82) is 0 Å². The van der Waals surface area contributed by atoms with Gasteiger partial charge in [0.25, 0.3) is 0 Å². The van der Waals surface area contributed by atoms with Gasteiger partial charge in [0.2, 0.25) is 0 Å². The summed E-state index contributed by atoms with van der Waals surface area (Å²) >= 11 is 0. The number of alkyl halides is 3. The molecule has 9 heteroatoms. The Morgan fingerprint density at radius 3 is 2.64 bits per heavy atom. The van der Waals surface area contributed by atoms with Crippen LogP contribution in [0.1, 0.15) is 55.0 Å². The van der Waals surface area contributed by atoms with Crippen molar-refractivity contribution in [3.63, 3.8) is 0 Å². The summed E-state index contributed by atoms with van der Waals surface area (Å²) in [7, 11) is 0. The molecular formula is C19H24F3N5O. The Morgan fingerprint density at radius 1 is 1.18 bits per heavy atom. The molecule has 2 heterocycles. The quantitative estimate of drug-likeness (QED) is 0.812. The Balaban J connectivity index is 1.47. The first kappa shape index (κ1) is 20.2. The van der Waals surface area contributed by atoms with Crippen LogP contribution >= 0.6 is 0 Å². The molecule has 0 fully saturated rings. The van der Waals surface area contributed by atoms with Crippen LogP contribution in [-0.2, 0) is 25.6 Å². The molecule has 2 N–H and O–H groups in total. The van der Waals surface area contributed by atoms with E-state index in [0.717, 1.165) is 49.6 Å². The molecular weight excluding hydrogens is 371 g/mol. The summed E-state index contributed by atoms with van der Waals surface area (Å²) in [6.07, 6.45) is 0.565. The Hall–Kier alpha value is -2.58. The number of halogens is 3. The summed E-state index contributed by atoms with van der Waals surface area (Å²) in [4.78, 5) is 12.1. The monoisotopic (exact) mass is 395 g/mol. The van der Waals surface area contributed by atoms with E-state index in [-0.39, 0.29) is 6.03 Å². The van der Waals surface area contributed by atoms with Crippen LogP contribution in [0.15, 0.2) is 24.3 Å². The third kappa shape index (κ3) is 5.02. The lowest BCUT2D eigenvalue weighted by Gasteiger charge is -2.16. The first-order valence-corrected chi connectivity index (χ1v) is 9.47. The highest BCUT2D eigenvalue weighted by molar-refractivity contribution is 5.74. The fourth-order valence-corrected chi connectivity index (χ4v) is 3.31. The summed E-state index contributed by atoms with van der Waals surface area (Å²) in [5.74, 6) is 1.88. The van der Waals surface area contributed by atoms with Gasteiger partial charge in [0.05, 0.1) is 11.6 Å². The molecule has 1 aliphatic heterocycles. The molecule has 3 rings (SSSR count). The van der Waals surface area contributed by atoms with Crippen LogP contribution in [0.2, 0.25) is 0 Å². The van der Waals surface area contributed by atoms with Gasteiger partial charge in [-0.05, 0) is 37.5 Å². The number of carbonyl (C=O) groups is 1. The third-order valence-electron chi connectivity index (χ3n) is 4.91. The zero-order valence-electron chi connectivity index (χ0n) is 15.7. The summed E-state index contributed by atoms with van der Waals surface area (Å²) < 4.78 is 40.0. The first-order chi connectivity index (χ1) is 13.3. The topological polar surface area (TPSA) is 71.8 Å². The van der Waals surface area contributed by atoms with Gasteiger partial charge >= 0.3 is 12.2 Å². The highest BCUT2D eigenvalue weighted by Gasteiger charge is 2.30. The number of hydrogen-bond donors (Lipinski definition) is 2. The number of nitrogens with one attached hydrogen (secondary N) is 2. The molecule has 0 saturated heterocycles. The number of aryl methyl sites for hydroxylation is 1. The van der Waals surface area contributed by atoms with Gasteiger partial charge < -0.3 is 15.2 Å². The number of carbonyl (C=O) groups excluding carboxylic acids is 1. The molecule has 6 nitrogen and oxygen atoms in total. The predicted octanol–water partition coefficient (Wildman–Crippen LogP) is 3.63. The fourth-order valence-electron chi connectivity index (χ4n) is 3.31. The van der Waals surface area contributed by atoms with Gasteiger partial charge in [0, 0.05) is 25.9 Å². The van der Waals surface area contributed by atoms with Crippen molar-refractivity contribution in [2.24, 2.45) is 0 Å². The van der Waals surface area contributed by atoms with Crippen LogP contribution in [0.3, 0.4) is 0 Å². The lowest BCUT2D eigenvalue weighted by atomic mass is 10.1. The largest absolute Gasteiger partial charge is 0.416 e. The highest BCUT2D eigenvalue weighted by Crippen LogP contribution is 2.29. The third-order valence-corrected chi connectivity index (χ3v) is 4.91. The van der Waals surface area contributed by atoms with Crippen molar-refractivity contribution in [2.75, 3.05) is 6.54 Å². The Labute approximate surface area is 161 Å². The summed E-state index contributed by atoms with van der Waals surface area (Å²) in [6, 6.07) is 4.00. The average molecular weight is 395 g/mol. The molecule has 1 aliphatic rings. The second-order valence-corrected chi connectivity index (χ2v) is 6.99. The summed E-state index contributed by atoms with van der Waals surface area (Å²) in [6.45, 7) is 3.04. The van der Waals surface area contributed by atoms with Gasteiger partial charge in [0.15, 0.2) is 0 Å². The second kappa shape index (κ2) is 8.62. The minimum absolute atomic E-state index is 0.372. The second-order valence-electron chi connectivity index (χ2n) is 6.99. The smallest absolute Gasteiger partial charge is 0.338 e. The molecule has 0 radical (unpaired) electrons. The number of benzene rings is 1. The van der Waals surface area contributed by atoms with Crippen LogP contribution < -0.4 is 10.6 Å². The van der Waals surface area contributed by atoms with Gasteiger partial charge in [-0.25, -0.2) is 4.79 Å². The maximum Gasteiger partial charge on any atom is 0.416 e. The van der Waals surface area contributed by atoms with E-state index in [2.05, 4.69) is 25.4 Å². The molecule has 0 bridgehead atoms. The van der Waals surface area contributed by atoms with Gasteiger partial charge in [-0.15, -0.1) is 10.2 Å². The molecule has 0 saturated carbocycles. The van der Waals surface area contributed by atoms with Crippen LogP contribution in [0.4, 0.5) is 18.0 Å². The van der Waals surface area contributed by atoms with Crippen molar-refractivity contribution in [1.82, 2.24) is 25.4 Å². The molecule has 28 heavy (non-hydrogen) atoms. The summed E-state index contributed by atoms with van der Waals surface area (Å²) in [5, 5.41) is 14.0. The van der Waals surface area contributed by atoms with E-state index in [1.54, 1.807) is 6.92 Å². The zero-order valence-corrected chi connectivity index (χ0v) is 15.7. The predicted molar refractivity (Wildman–Crippen MR) is 97.7 cm³/mol. The Bertz CT molecular complexity index is 801. The fraction of sp³-hybridized carbons (Fsp3) is 0.526. The van der Waals surface area contributed by atoms with Crippen molar-refractivity contribution in [2.45, 2.75) is 57.8 Å². The van der Waals surface area contributed by atoms with Crippen molar-refractivity contribution >= 4 is 6.03 Å². The van der Waals surface area contributed by atoms with Crippen molar-refractivity contribution < 1.29 is 18.0 Å². The number of urea groups is 1. The SMILES string of the molecule is C[C@@H](NC(=O)NCCc1nnc2n1CCCCC2)c1ccc(C(F)(F)F)cc1. The van der Waals surface area contributed by atoms with Crippen molar-refractivity contribution in [3.05, 3.63) is 47.0 Å². The number of aromatic nitrogens is 3. The van der Waals surface area contributed by atoms with E-state index in [4.69, 9.17) is 0 Å². The first-order valence-electron chi connectivity index (χ1n) is 9.47. The zero-order chi connectivity index (χ0) is 20.1. The Morgan fingerprint density at radius 2 is 1.93 bits per heavy atom. The van der Waals surface area contributed by atoms with Crippen LogP contribution in [0, 0.1) is 0 Å². The minimum atomic E-state index is -4.37. The molecule has 152 valence electrons. The maximum absolute atomic E-state index is 12.6. The Kier molecular flexibility index (Phi) is 6.21. The van der Waals surface area contributed by atoms with Crippen LogP contribution in [0.25, 0.3) is 0 Å². The minimum Gasteiger partial charge on any atom is -0.338 e. The number of amides is 2. The van der Waals surface area contributed by atoms with Gasteiger partial charge in [-0.2, -0.15) is 13.2 Å². The molecule has 1 aromatic heterocycles. The highest BCUT2D eigenvalue weighted by atomic mass is 19.4. The number of rotatable bonds is 5. The molecule has 2 aromatic rings. The van der Waals surface area contributed by atoms with Gasteiger partial charge in [-0.3, -0.25) is 0 Å². The van der Waals surface area contributed by atoms with Crippen molar-refractivity contribution in [3.8, 4) is 0 Å². The van der Waals surface area contributed by atoms with E-state index >= 15 is 0 Å². The summed E-state index contributed by atoms with van der Waals surface area (Å²) in [5.41, 5.74) is -0.105. The van der Waals surface area contributed by atoms with E-state index in [9.17, 15) is 18.0 Å². The van der Waals surface area contributed by atoms with Gasteiger partial charge in [0.1, 0.15) is 11.6 Å². The molecule has 0 spiro atoms. The lowest BCUT2D eigenvalue weighted by Crippen LogP contribution is -2.38. The number of hydrogen-bond acceptors (Lipinski definition) is 3. The van der Waals surface area contributed by atoms with Gasteiger partial charge in [-0.1, -0.05) is 18.6 Å². The average Bonchev–Trinajstić information content (AvgIpc) is 2.87. The standard InChI is InChI=1S/C19H24F3N5O/c1-13(14-6-8-15(9-7-14)19(20,21)22)24-18(28)23-11-10-17-26-25-16-5-3-2-4-12-27(16)17/h6-9,13H,2-5,10-12H2,1H3,(H2,23,24,28)/t13-/m1/s1. The number of fused-ring (bicyclic) bond motifs is 1. The van der Waals surface area contributed by atoms with E-state index < -0.39 is 17.8 Å². The number of nitrogens with zero attached hydrogens (tertiary/aromatic N) is 3. The molecule has 1 aromatic carbocycles. The van der Waals surface area contributed by atoms with Crippen LogP contribution in [0.5, 0.6) is 0 Å². The van der Waals surface area contributed by atoms with E-state index in [1.807, 2.05) is 0 Å². The maximum atomic E-state index is 12.6. The van der Waals surface area contributed by atoms with E-state index in [0.29, 0.717) is 18.5 Å². The molecule has 1 atom stereocenters. The lowest BCUT2D eigenvalue weighted by molar-refractivity contribution is -0.137.